The van der Waals surface area contributed by atoms with Gasteiger partial charge in [0.05, 0.1) is 0 Å². The Kier molecular flexibility index (Phi) is 2.08. The molecule has 2 atom stereocenters. The lowest BCUT2D eigenvalue weighted by Gasteiger charge is -2.29. The van der Waals surface area contributed by atoms with Crippen molar-refractivity contribution in [1.82, 2.24) is 20.1 Å². The van der Waals surface area contributed by atoms with Gasteiger partial charge in [-0.05, 0) is 25.4 Å². The number of aromatic nitrogens is 3. The first-order valence-corrected chi connectivity index (χ1v) is 4.43. The van der Waals surface area contributed by atoms with E-state index >= 15 is 0 Å². The van der Waals surface area contributed by atoms with Crippen molar-refractivity contribution in [2.45, 2.75) is 19.4 Å². The van der Waals surface area contributed by atoms with Gasteiger partial charge in [-0.25, -0.2) is 0 Å². The summed E-state index contributed by atoms with van der Waals surface area (Å²) >= 11 is 0. The molecule has 1 aliphatic rings. The second-order valence-electron chi connectivity index (χ2n) is 3.45. The summed E-state index contributed by atoms with van der Waals surface area (Å²) in [5.41, 5.74) is 0. The topological polar surface area (TPSA) is 42.7 Å². The molecule has 1 saturated heterocycles. The predicted molar refractivity (Wildman–Crippen MR) is 45.7 cm³/mol. The van der Waals surface area contributed by atoms with E-state index in [-0.39, 0.29) is 0 Å². The largest absolute Gasteiger partial charge is 0.317 e. The standard InChI is InChI=1S/C8H14N4/c1-7-4-9-3-2-8(7)12-5-10-11-6-12/h5-9H,2-4H2,1H3. The molecule has 4 nitrogen and oxygen atoms in total. The lowest BCUT2D eigenvalue weighted by molar-refractivity contribution is 0.273. The molecule has 2 unspecified atom stereocenters. The average Bonchev–Trinajstić information content (AvgIpc) is 2.57. The summed E-state index contributed by atoms with van der Waals surface area (Å²) in [6.07, 6.45) is 4.80. The zero-order valence-corrected chi connectivity index (χ0v) is 7.27. The van der Waals surface area contributed by atoms with Crippen molar-refractivity contribution in [3.8, 4) is 0 Å². The molecule has 12 heavy (non-hydrogen) atoms. The minimum atomic E-state index is 0.584. The maximum atomic E-state index is 3.82. The number of nitrogens with one attached hydrogen (secondary N) is 1. The van der Waals surface area contributed by atoms with E-state index in [1.807, 2.05) is 12.7 Å². The van der Waals surface area contributed by atoms with Crippen LogP contribution in [-0.2, 0) is 0 Å². The van der Waals surface area contributed by atoms with Gasteiger partial charge >= 0.3 is 0 Å². The molecule has 1 fully saturated rings. The normalized spacial score (nSPS) is 30.4. The Morgan fingerprint density at radius 3 is 2.83 bits per heavy atom. The van der Waals surface area contributed by atoms with Gasteiger partial charge in [0.1, 0.15) is 12.7 Å². The molecule has 2 rings (SSSR count). The minimum absolute atomic E-state index is 0.584. The molecule has 0 amide bonds. The molecule has 4 heteroatoms. The van der Waals surface area contributed by atoms with Gasteiger partial charge in [0.25, 0.3) is 0 Å². The summed E-state index contributed by atoms with van der Waals surface area (Å²) in [5.74, 6) is 0.676. The van der Waals surface area contributed by atoms with E-state index in [9.17, 15) is 0 Å². The Hall–Kier alpha value is -0.900. The Morgan fingerprint density at radius 2 is 2.17 bits per heavy atom. The quantitative estimate of drug-likeness (QED) is 0.658. The predicted octanol–water partition coefficient (Wildman–Crippen LogP) is 0.449. The third kappa shape index (κ3) is 1.34. The van der Waals surface area contributed by atoms with Gasteiger partial charge in [0, 0.05) is 6.04 Å². The SMILES string of the molecule is CC1CNCCC1n1cnnc1. The van der Waals surface area contributed by atoms with Crippen LogP contribution in [0.4, 0.5) is 0 Å². The molecule has 0 spiro atoms. The highest BCUT2D eigenvalue weighted by Crippen LogP contribution is 2.22. The summed E-state index contributed by atoms with van der Waals surface area (Å²) < 4.78 is 2.12. The van der Waals surface area contributed by atoms with E-state index in [0.717, 1.165) is 13.1 Å². The molecular weight excluding hydrogens is 152 g/mol. The highest BCUT2D eigenvalue weighted by molar-refractivity contribution is 4.82. The Bertz CT molecular complexity index is 231. The molecule has 66 valence electrons. The fourth-order valence-electron chi connectivity index (χ4n) is 1.82. The first kappa shape index (κ1) is 7.73. The number of rotatable bonds is 1. The van der Waals surface area contributed by atoms with Crippen molar-refractivity contribution < 1.29 is 0 Å². The van der Waals surface area contributed by atoms with Crippen LogP contribution in [0, 0.1) is 5.92 Å². The summed E-state index contributed by atoms with van der Waals surface area (Å²) in [7, 11) is 0. The van der Waals surface area contributed by atoms with Gasteiger partial charge in [-0.3, -0.25) is 0 Å². The van der Waals surface area contributed by atoms with Crippen LogP contribution in [-0.4, -0.2) is 27.9 Å². The van der Waals surface area contributed by atoms with Crippen LogP contribution in [0.2, 0.25) is 0 Å². The monoisotopic (exact) mass is 166 g/mol. The Balaban J connectivity index is 2.11. The summed E-state index contributed by atoms with van der Waals surface area (Å²) in [6.45, 7) is 4.47. The summed E-state index contributed by atoms with van der Waals surface area (Å²) in [5, 5.41) is 11.0. The van der Waals surface area contributed by atoms with Crippen LogP contribution in [0.1, 0.15) is 19.4 Å². The molecule has 1 aromatic rings. The molecule has 0 radical (unpaired) electrons. The minimum Gasteiger partial charge on any atom is -0.317 e. The molecule has 1 aliphatic heterocycles. The van der Waals surface area contributed by atoms with Crippen LogP contribution in [0.25, 0.3) is 0 Å². The van der Waals surface area contributed by atoms with Gasteiger partial charge in [-0.2, -0.15) is 0 Å². The van der Waals surface area contributed by atoms with Gasteiger partial charge in [-0.1, -0.05) is 6.92 Å². The first-order valence-electron chi connectivity index (χ1n) is 4.43. The third-order valence-electron chi connectivity index (χ3n) is 2.56. The molecular formula is C8H14N4. The summed E-state index contributed by atoms with van der Waals surface area (Å²) in [6, 6.07) is 0.584. The molecule has 1 aromatic heterocycles. The van der Waals surface area contributed by atoms with Crippen molar-refractivity contribution in [3.05, 3.63) is 12.7 Å². The van der Waals surface area contributed by atoms with Crippen LogP contribution < -0.4 is 5.32 Å². The maximum absolute atomic E-state index is 3.82. The zero-order chi connectivity index (χ0) is 8.39. The van der Waals surface area contributed by atoms with Crippen LogP contribution in [0.15, 0.2) is 12.7 Å². The van der Waals surface area contributed by atoms with Gasteiger partial charge in [0.2, 0.25) is 0 Å². The van der Waals surface area contributed by atoms with Gasteiger partial charge < -0.3 is 9.88 Å². The summed E-state index contributed by atoms with van der Waals surface area (Å²) in [4.78, 5) is 0. The van der Waals surface area contributed by atoms with E-state index in [4.69, 9.17) is 0 Å². The van der Waals surface area contributed by atoms with Crippen LogP contribution >= 0.6 is 0 Å². The number of hydrogen-bond donors (Lipinski definition) is 1. The zero-order valence-electron chi connectivity index (χ0n) is 7.27. The number of nitrogens with zero attached hydrogens (tertiary/aromatic N) is 3. The van der Waals surface area contributed by atoms with Gasteiger partial charge in [-0.15, -0.1) is 10.2 Å². The third-order valence-corrected chi connectivity index (χ3v) is 2.56. The first-order chi connectivity index (χ1) is 5.88. The highest BCUT2D eigenvalue weighted by Gasteiger charge is 2.21. The molecule has 2 heterocycles. The van der Waals surface area contributed by atoms with Crippen molar-refractivity contribution in [2.75, 3.05) is 13.1 Å². The smallest absolute Gasteiger partial charge is 0.119 e. The maximum Gasteiger partial charge on any atom is 0.119 e. The molecule has 1 N–H and O–H groups in total. The second kappa shape index (κ2) is 3.23. The van der Waals surface area contributed by atoms with Crippen molar-refractivity contribution in [2.24, 2.45) is 5.92 Å². The van der Waals surface area contributed by atoms with E-state index in [0.29, 0.717) is 12.0 Å². The Morgan fingerprint density at radius 1 is 1.42 bits per heavy atom. The van der Waals surface area contributed by atoms with Crippen LogP contribution in [0.3, 0.4) is 0 Å². The van der Waals surface area contributed by atoms with E-state index in [1.54, 1.807) is 0 Å². The Labute approximate surface area is 72.0 Å². The second-order valence-corrected chi connectivity index (χ2v) is 3.45. The number of hydrogen-bond acceptors (Lipinski definition) is 3. The van der Waals surface area contributed by atoms with Crippen molar-refractivity contribution in [3.63, 3.8) is 0 Å². The van der Waals surface area contributed by atoms with E-state index < -0.39 is 0 Å². The van der Waals surface area contributed by atoms with Gasteiger partial charge in [0.15, 0.2) is 0 Å². The number of piperidine rings is 1. The molecule has 0 aliphatic carbocycles. The van der Waals surface area contributed by atoms with E-state index in [2.05, 4.69) is 27.0 Å². The average molecular weight is 166 g/mol. The van der Waals surface area contributed by atoms with E-state index in [1.165, 1.54) is 6.42 Å². The fraction of sp³-hybridized carbons (Fsp3) is 0.750. The van der Waals surface area contributed by atoms with Crippen molar-refractivity contribution in [1.29, 1.82) is 0 Å². The van der Waals surface area contributed by atoms with Crippen molar-refractivity contribution >= 4 is 0 Å². The lowest BCUT2D eigenvalue weighted by Crippen LogP contribution is -2.36. The lowest BCUT2D eigenvalue weighted by atomic mass is 9.95. The molecule has 0 saturated carbocycles. The fourth-order valence-corrected chi connectivity index (χ4v) is 1.82. The highest BCUT2D eigenvalue weighted by atomic mass is 15.2. The van der Waals surface area contributed by atoms with Crippen LogP contribution in [0.5, 0.6) is 0 Å². The molecule has 0 aromatic carbocycles. The molecule has 0 bridgehead atoms.